The summed E-state index contributed by atoms with van der Waals surface area (Å²) in [6.07, 6.45) is 1.75. The number of amides is 1. The van der Waals surface area contributed by atoms with E-state index in [1.54, 1.807) is 22.7 Å². The Kier molecular flexibility index (Phi) is 3.51. The van der Waals surface area contributed by atoms with Gasteiger partial charge in [0.05, 0.1) is 5.39 Å². The minimum Gasteiger partial charge on any atom is -0.417 e. The second-order valence-corrected chi connectivity index (χ2v) is 5.98. The number of hydrogen-bond acceptors (Lipinski definition) is 5. The van der Waals surface area contributed by atoms with Crippen molar-refractivity contribution in [2.45, 2.75) is 6.92 Å². The molecular formula is C17H11ClN4O3. The third-order valence-corrected chi connectivity index (χ3v) is 3.97. The van der Waals surface area contributed by atoms with Crippen molar-refractivity contribution in [2.24, 2.45) is 0 Å². The largest absolute Gasteiger partial charge is 0.417 e. The van der Waals surface area contributed by atoms with Crippen molar-refractivity contribution in [3.05, 3.63) is 69.4 Å². The first-order valence-electron chi connectivity index (χ1n) is 7.37. The van der Waals surface area contributed by atoms with Gasteiger partial charge in [0, 0.05) is 11.2 Å². The highest BCUT2D eigenvalue weighted by atomic mass is 35.5. The fourth-order valence-corrected chi connectivity index (χ4v) is 2.68. The van der Waals surface area contributed by atoms with E-state index in [0.29, 0.717) is 21.4 Å². The molecule has 1 N–H and O–H groups in total. The number of benzene rings is 1. The lowest BCUT2D eigenvalue weighted by Gasteiger charge is -2.04. The first kappa shape index (κ1) is 15.3. The second kappa shape index (κ2) is 5.71. The topological polar surface area (TPSA) is 89.5 Å². The highest BCUT2D eigenvalue weighted by Crippen LogP contribution is 2.18. The van der Waals surface area contributed by atoms with Crippen molar-refractivity contribution in [1.82, 2.24) is 14.6 Å². The zero-order chi connectivity index (χ0) is 17.6. The summed E-state index contributed by atoms with van der Waals surface area (Å²) < 4.78 is 6.73. The van der Waals surface area contributed by atoms with E-state index in [1.807, 2.05) is 19.1 Å². The fraction of sp³-hybridized carbons (Fsp3) is 0.0588. The lowest BCUT2D eigenvalue weighted by atomic mass is 10.1. The summed E-state index contributed by atoms with van der Waals surface area (Å²) in [6, 6.07) is 9.98. The molecular weight excluding hydrogens is 344 g/mol. The third-order valence-electron chi connectivity index (χ3n) is 3.74. The molecule has 0 saturated carbocycles. The molecule has 25 heavy (non-hydrogen) atoms. The molecule has 4 aromatic rings. The van der Waals surface area contributed by atoms with Crippen LogP contribution in [-0.2, 0) is 0 Å². The number of rotatable bonds is 2. The molecule has 0 spiro atoms. The van der Waals surface area contributed by atoms with Crippen LogP contribution in [0, 0.1) is 6.92 Å². The SMILES string of the molecule is Cc1ccn2c(NC(=O)c3cc4ccc(Cl)cc4c(=O)o3)nnc2c1. The van der Waals surface area contributed by atoms with Crippen LogP contribution in [0.1, 0.15) is 16.1 Å². The Bertz CT molecular complexity index is 1200. The number of hydrogen-bond donors (Lipinski definition) is 1. The summed E-state index contributed by atoms with van der Waals surface area (Å²) in [5.41, 5.74) is 0.994. The first-order valence-corrected chi connectivity index (χ1v) is 7.75. The Morgan fingerprint density at radius 1 is 1.20 bits per heavy atom. The molecule has 124 valence electrons. The van der Waals surface area contributed by atoms with Crippen LogP contribution in [0.5, 0.6) is 0 Å². The lowest BCUT2D eigenvalue weighted by Crippen LogP contribution is -2.16. The van der Waals surface area contributed by atoms with Gasteiger partial charge in [-0.25, -0.2) is 4.79 Å². The van der Waals surface area contributed by atoms with Gasteiger partial charge in [0.2, 0.25) is 5.95 Å². The Morgan fingerprint density at radius 3 is 2.88 bits per heavy atom. The van der Waals surface area contributed by atoms with Crippen molar-refractivity contribution in [1.29, 1.82) is 0 Å². The monoisotopic (exact) mass is 354 g/mol. The van der Waals surface area contributed by atoms with Gasteiger partial charge in [0.25, 0.3) is 5.91 Å². The summed E-state index contributed by atoms with van der Waals surface area (Å²) in [6.45, 7) is 1.93. The Morgan fingerprint density at radius 2 is 2.04 bits per heavy atom. The van der Waals surface area contributed by atoms with E-state index in [1.165, 1.54) is 12.1 Å². The molecule has 0 aliphatic carbocycles. The second-order valence-electron chi connectivity index (χ2n) is 5.54. The molecule has 1 amide bonds. The molecule has 0 atom stereocenters. The minimum absolute atomic E-state index is 0.122. The number of aryl methyl sites for hydroxylation is 1. The van der Waals surface area contributed by atoms with E-state index in [9.17, 15) is 9.59 Å². The van der Waals surface area contributed by atoms with Crippen molar-refractivity contribution >= 4 is 39.9 Å². The number of anilines is 1. The van der Waals surface area contributed by atoms with E-state index >= 15 is 0 Å². The molecule has 8 heteroatoms. The Balaban J connectivity index is 1.72. The van der Waals surface area contributed by atoms with Crippen molar-refractivity contribution < 1.29 is 9.21 Å². The van der Waals surface area contributed by atoms with Crippen LogP contribution >= 0.6 is 11.6 Å². The summed E-state index contributed by atoms with van der Waals surface area (Å²) in [7, 11) is 0. The molecule has 3 aromatic heterocycles. The van der Waals surface area contributed by atoms with Crippen LogP contribution in [0.3, 0.4) is 0 Å². The molecule has 0 aliphatic heterocycles. The minimum atomic E-state index is -0.633. The van der Waals surface area contributed by atoms with Gasteiger partial charge < -0.3 is 4.42 Å². The Hall–Kier alpha value is -3.19. The maximum Gasteiger partial charge on any atom is 0.344 e. The van der Waals surface area contributed by atoms with Gasteiger partial charge in [-0.05, 0) is 48.2 Å². The zero-order valence-corrected chi connectivity index (χ0v) is 13.7. The summed E-state index contributed by atoms with van der Waals surface area (Å²) >= 11 is 5.88. The number of halogens is 1. The van der Waals surface area contributed by atoms with Crippen molar-refractivity contribution in [3.8, 4) is 0 Å². The van der Waals surface area contributed by atoms with E-state index in [-0.39, 0.29) is 11.7 Å². The summed E-state index contributed by atoms with van der Waals surface area (Å²) in [5.74, 6) is -0.480. The molecule has 0 radical (unpaired) electrons. The van der Waals surface area contributed by atoms with E-state index in [4.69, 9.17) is 16.0 Å². The molecule has 1 aromatic carbocycles. The van der Waals surface area contributed by atoms with Crippen LogP contribution in [0.25, 0.3) is 16.4 Å². The lowest BCUT2D eigenvalue weighted by molar-refractivity contribution is 0.0992. The highest BCUT2D eigenvalue weighted by molar-refractivity contribution is 6.31. The molecule has 4 rings (SSSR count). The molecule has 0 saturated heterocycles. The molecule has 0 bridgehead atoms. The Labute approximate surface area is 145 Å². The van der Waals surface area contributed by atoms with Crippen molar-refractivity contribution in [2.75, 3.05) is 5.32 Å². The van der Waals surface area contributed by atoms with Crippen LogP contribution in [0.2, 0.25) is 5.02 Å². The fourth-order valence-electron chi connectivity index (χ4n) is 2.51. The van der Waals surface area contributed by atoms with E-state index < -0.39 is 11.5 Å². The van der Waals surface area contributed by atoms with E-state index in [2.05, 4.69) is 15.5 Å². The quantitative estimate of drug-likeness (QED) is 0.597. The van der Waals surface area contributed by atoms with Gasteiger partial charge in [0.15, 0.2) is 11.4 Å². The highest BCUT2D eigenvalue weighted by Gasteiger charge is 2.15. The average molecular weight is 355 g/mol. The van der Waals surface area contributed by atoms with Gasteiger partial charge in [-0.1, -0.05) is 17.7 Å². The number of carbonyl (C=O) groups excluding carboxylic acids is 1. The van der Waals surface area contributed by atoms with Gasteiger partial charge in [-0.15, -0.1) is 10.2 Å². The maximum atomic E-state index is 12.4. The standard InChI is InChI=1S/C17H11ClN4O3/c1-9-4-5-22-14(6-9)20-21-17(22)19-15(23)13-7-10-2-3-11(18)8-12(10)16(24)25-13/h2-8H,1H3,(H,19,21,23). The van der Waals surface area contributed by atoms with Crippen LogP contribution < -0.4 is 10.9 Å². The number of aromatic nitrogens is 3. The predicted molar refractivity (Wildman–Crippen MR) is 93.2 cm³/mol. The zero-order valence-electron chi connectivity index (χ0n) is 13.0. The summed E-state index contributed by atoms with van der Waals surface area (Å²) in [5, 5.41) is 11.8. The van der Waals surface area contributed by atoms with Gasteiger partial charge in [-0.2, -0.15) is 0 Å². The third kappa shape index (κ3) is 2.74. The summed E-state index contributed by atoms with van der Waals surface area (Å²) in [4.78, 5) is 24.5. The van der Waals surface area contributed by atoms with E-state index in [0.717, 1.165) is 5.56 Å². The molecule has 3 heterocycles. The smallest absolute Gasteiger partial charge is 0.344 e. The predicted octanol–water partition coefficient (Wildman–Crippen LogP) is 3.05. The molecule has 0 fully saturated rings. The van der Waals surface area contributed by atoms with Crippen molar-refractivity contribution in [3.63, 3.8) is 0 Å². The normalized spacial score (nSPS) is 11.1. The number of nitrogens with zero attached hydrogens (tertiary/aromatic N) is 3. The molecule has 7 nitrogen and oxygen atoms in total. The average Bonchev–Trinajstić information content (AvgIpc) is 2.97. The molecule has 0 unspecified atom stereocenters. The molecule has 0 aliphatic rings. The van der Waals surface area contributed by atoms with Crippen LogP contribution in [0.4, 0.5) is 5.95 Å². The van der Waals surface area contributed by atoms with Gasteiger partial charge in [0.1, 0.15) is 0 Å². The van der Waals surface area contributed by atoms with Gasteiger partial charge in [-0.3, -0.25) is 14.5 Å². The number of carbonyl (C=O) groups is 1. The van der Waals surface area contributed by atoms with Gasteiger partial charge >= 0.3 is 5.63 Å². The van der Waals surface area contributed by atoms with Crippen LogP contribution in [0.15, 0.2) is 51.8 Å². The number of nitrogens with one attached hydrogen (secondary N) is 1. The number of pyridine rings is 1. The maximum absolute atomic E-state index is 12.4. The number of fused-ring (bicyclic) bond motifs is 2. The van der Waals surface area contributed by atoms with Crippen LogP contribution in [-0.4, -0.2) is 20.5 Å². The first-order chi connectivity index (χ1) is 12.0.